The molecule has 2 rings (SSSR count). The quantitative estimate of drug-likeness (QED) is 0.644. The SMILES string of the molecule is C[C@H](N)C(=O)N1CC[C@@]2(CC[C@H](N)C2)C1. The maximum absolute atomic E-state index is 11.7. The van der Waals surface area contributed by atoms with Gasteiger partial charge in [0, 0.05) is 19.1 Å². The molecule has 2 fully saturated rings. The van der Waals surface area contributed by atoms with Crippen molar-refractivity contribution in [2.45, 2.75) is 44.7 Å². The van der Waals surface area contributed by atoms with Crippen molar-refractivity contribution in [3.63, 3.8) is 0 Å². The van der Waals surface area contributed by atoms with Crippen LogP contribution in [0.3, 0.4) is 0 Å². The number of likely N-dealkylation sites (tertiary alicyclic amines) is 1. The molecule has 4 heteroatoms. The minimum atomic E-state index is -0.366. The van der Waals surface area contributed by atoms with Gasteiger partial charge < -0.3 is 16.4 Å². The number of carbonyl (C=O) groups excluding carboxylic acids is 1. The van der Waals surface area contributed by atoms with Crippen molar-refractivity contribution in [1.82, 2.24) is 4.90 Å². The summed E-state index contributed by atoms with van der Waals surface area (Å²) in [7, 11) is 0. The van der Waals surface area contributed by atoms with Crippen molar-refractivity contribution in [3.8, 4) is 0 Å². The Labute approximate surface area is 91.0 Å². The highest BCUT2D eigenvalue weighted by molar-refractivity contribution is 5.81. The largest absolute Gasteiger partial charge is 0.341 e. The summed E-state index contributed by atoms with van der Waals surface area (Å²) in [5.74, 6) is 0.0901. The van der Waals surface area contributed by atoms with Crippen LogP contribution in [0.5, 0.6) is 0 Å². The van der Waals surface area contributed by atoms with Gasteiger partial charge in [-0.2, -0.15) is 0 Å². The molecular formula is C11H21N3O. The predicted molar refractivity (Wildman–Crippen MR) is 59.1 cm³/mol. The van der Waals surface area contributed by atoms with Crippen LogP contribution in [-0.2, 0) is 4.79 Å². The molecule has 1 heterocycles. The summed E-state index contributed by atoms with van der Waals surface area (Å²) in [5.41, 5.74) is 11.9. The molecule has 15 heavy (non-hydrogen) atoms. The topological polar surface area (TPSA) is 72.4 Å². The van der Waals surface area contributed by atoms with Gasteiger partial charge in [0.2, 0.25) is 5.91 Å². The van der Waals surface area contributed by atoms with Crippen molar-refractivity contribution in [3.05, 3.63) is 0 Å². The molecule has 1 spiro atoms. The van der Waals surface area contributed by atoms with Gasteiger partial charge in [-0.3, -0.25) is 4.79 Å². The number of nitrogens with two attached hydrogens (primary N) is 2. The van der Waals surface area contributed by atoms with Gasteiger partial charge in [0.1, 0.15) is 0 Å². The lowest BCUT2D eigenvalue weighted by atomic mass is 9.85. The van der Waals surface area contributed by atoms with Crippen molar-refractivity contribution < 1.29 is 4.79 Å². The van der Waals surface area contributed by atoms with E-state index in [4.69, 9.17) is 11.5 Å². The van der Waals surface area contributed by atoms with Crippen molar-refractivity contribution in [2.24, 2.45) is 16.9 Å². The van der Waals surface area contributed by atoms with Crippen LogP contribution in [-0.4, -0.2) is 36.0 Å². The zero-order chi connectivity index (χ0) is 11.1. The summed E-state index contributed by atoms with van der Waals surface area (Å²) >= 11 is 0. The van der Waals surface area contributed by atoms with Crippen molar-refractivity contribution in [1.29, 1.82) is 0 Å². The van der Waals surface area contributed by atoms with Gasteiger partial charge in [-0.1, -0.05) is 0 Å². The van der Waals surface area contributed by atoms with Gasteiger partial charge in [0.25, 0.3) is 0 Å². The van der Waals surface area contributed by atoms with Crippen molar-refractivity contribution in [2.75, 3.05) is 13.1 Å². The summed E-state index contributed by atoms with van der Waals surface area (Å²) in [6, 6.07) is -0.0226. The van der Waals surface area contributed by atoms with E-state index >= 15 is 0 Å². The first-order valence-corrected chi connectivity index (χ1v) is 5.82. The molecule has 0 aromatic heterocycles. The molecule has 0 aromatic carbocycles. The van der Waals surface area contributed by atoms with E-state index in [2.05, 4.69) is 0 Å². The van der Waals surface area contributed by atoms with E-state index in [1.807, 2.05) is 4.90 Å². The van der Waals surface area contributed by atoms with Gasteiger partial charge in [-0.05, 0) is 38.0 Å². The lowest BCUT2D eigenvalue weighted by Gasteiger charge is -2.24. The zero-order valence-electron chi connectivity index (χ0n) is 9.41. The zero-order valence-corrected chi connectivity index (χ0v) is 9.41. The molecule has 2 aliphatic rings. The minimum absolute atomic E-state index is 0.0901. The smallest absolute Gasteiger partial charge is 0.239 e. The Morgan fingerprint density at radius 3 is 2.80 bits per heavy atom. The lowest BCUT2D eigenvalue weighted by Crippen LogP contribution is -2.41. The van der Waals surface area contributed by atoms with Crippen LogP contribution in [0.4, 0.5) is 0 Å². The van der Waals surface area contributed by atoms with Gasteiger partial charge >= 0.3 is 0 Å². The predicted octanol–water partition coefficient (Wildman–Crippen LogP) is 0.0635. The Bertz CT molecular complexity index is 267. The molecule has 1 aliphatic carbocycles. The molecule has 1 aliphatic heterocycles. The van der Waals surface area contributed by atoms with E-state index in [0.717, 1.165) is 32.4 Å². The van der Waals surface area contributed by atoms with E-state index in [1.165, 1.54) is 6.42 Å². The fraction of sp³-hybridized carbons (Fsp3) is 0.909. The van der Waals surface area contributed by atoms with E-state index in [-0.39, 0.29) is 11.9 Å². The fourth-order valence-corrected chi connectivity index (χ4v) is 3.03. The number of carbonyl (C=O) groups is 1. The van der Waals surface area contributed by atoms with Gasteiger partial charge in [0.15, 0.2) is 0 Å². The molecule has 1 saturated heterocycles. The third-order valence-corrected chi connectivity index (χ3v) is 3.88. The van der Waals surface area contributed by atoms with E-state index in [9.17, 15) is 4.79 Å². The minimum Gasteiger partial charge on any atom is -0.341 e. The average Bonchev–Trinajstić information content (AvgIpc) is 2.74. The third kappa shape index (κ3) is 2.01. The van der Waals surface area contributed by atoms with Gasteiger partial charge in [-0.15, -0.1) is 0 Å². The van der Waals surface area contributed by atoms with Gasteiger partial charge in [0.05, 0.1) is 6.04 Å². The first-order valence-electron chi connectivity index (χ1n) is 5.82. The molecule has 0 unspecified atom stereocenters. The summed E-state index contributed by atoms with van der Waals surface area (Å²) in [6.07, 6.45) is 4.48. The lowest BCUT2D eigenvalue weighted by molar-refractivity contribution is -0.131. The van der Waals surface area contributed by atoms with Crippen LogP contribution < -0.4 is 11.5 Å². The first kappa shape index (κ1) is 10.9. The van der Waals surface area contributed by atoms with Gasteiger partial charge in [-0.25, -0.2) is 0 Å². The van der Waals surface area contributed by atoms with Crippen LogP contribution in [0.2, 0.25) is 0 Å². The van der Waals surface area contributed by atoms with E-state index < -0.39 is 0 Å². The molecule has 3 atom stereocenters. The number of amides is 1. The Kier molecular flexibility index (Phi) is 2.73. The van der Waals surface area contributed by atoms with Crippen LogP contribution >= 0.6 is 0 Å². The Morgan fingerprint density at radius 1 is 1.53 bits per heavy atom. The molecule has 1 saturated carbocycles. The van der Waals surface area contributed by atoms with Crippen molar-refractivity contribution >= 4 is 5.91 Å². The molecule has 0 radical (unpaired) electrons. The average molecular weight is 211 g/mol. The van der Waals surface area contributed by atoms with Crippen LogP contribution in [0.1, 0.15) is 32.6 Å². The maximum atomic E-state index is 11.7. The molecule has 4 N–H and O–H groups in total. The van der Waals surface area contributed by atoms with Crippen LogP contribution in [0, 0.1) is 5.41 Å². The Balaban J connectivity index is 1.98. The normalized spacial score (nSPS) is 37.5. The van der Waals surface area contributed by atoms with Crippen LogP contribution in [0.15, 0.2) is 0 Å². The number of nitrogens with zero attached hydrogens (tertiary/aromatic N) is 1. The molecule has 4 nitrogen and oxygen atoms in total. The second-order valence-electron chi connectivity index (χ2n) is 5.30. The number of hydrogen-bond acceptors (Lipinski definition) is 3. The van der Waals surface area contributed by atoms with E-state index in [1.54, 1.807) is 6.92 Å². The number of hydrogen-bond donors (Lipinski definition) is 2. The summed E-state index contributed by atoms with van der Waals surface area (Å²) in [4.78, 5) is 13.7. The monoisotopic (exact) mass is 211 g/mol. The maximum Gasteiger partial charge on any atom is 0.239 e. The molecule has 0 aromatic rings. The highest BCUT2D eigenvalue weighted by atomic mass is 16.2. The molecule has 0 bridgehead atoms. The highest BCUT2D eigenvalue weighted by Gasteiger charge is 2.44. The molecular weight excluding hydrogens is 190 g/mol. The Morgan fingerprint density at radius 2 is 2.27 bits per heavy atom. The summed E-state index contributed by atoms with van der Waals surface area (Å²) in [5, 5.41) is 0. The standard InChI is InChI=1S/C11H21N3O/c1-8(12)10(15)14-5-4-11(7-14)3-2-9(13)6-11/h8-9H,2-7,12-13H2,1H3/t8-,9-,11+/m0/s1. The second-order valence-corrected chi connectivity index (χ2v) is 5.30. The molecule has 86 valence electrons. The molecule has 1 amide bonds. The first-order chi connectivity index (χ1) is 7.02. The fourth-order valence-electron chi connectivity index (χ4n) is 3.03. The van der Waals surface area contributed by atoms with Crippen LogP contribution in [0.25, 0.3) is 0 Å². The highest BCUT2D eigenvalue weighted by Crippen LogP contribution is 2.44. The number of rotatable bonds is 1. The van der Waals surface area contributed by atoms with E-state index in [0.29, 0.717) is 11.5 Å². The Hall–Kier alpha value is -0.610. The summed E-state index contributed by atoms with van der Waals surface area (Å²) in [6.45, 7) is 3.50. The summed E-state index contributed by atoms with van der Waals surface area (Å²) < 4.78 is 0. The second kappa shape index (κ2) is 3.76. The third-order valence-electron chi connectivity index (χ3n) is 3.88.